The number of nitrogens with zero attached hydrogens (tertiary/aromatic N) is 2. The van der Waals surface area contributed by atoms with Crippen LogP contribution in [0.5, 0.6) is 0 Å². The van der Waals surface area contributed by atoms with Crippen molar-refractivity contribution in [3.8, 4) is 0 Å². The van der Waals surface area contributed by atoms with Crippen molar-refractivity contribution in [2.75, 3.05) is 0 Å². The molecule has 0 saturated carbocycles. The molecule has 0 aliphatic rings. The quantitative estimate of drug-likeness (QED) is 0.618. The minimum absolute atomic E-state index is 0.485. The first-order valence-electron chi connectivity index (χ1n) is 4.06. The van der Waals surface area contributed by atoms with Crippen molar-refractivity contribution in [3.63, 3.8) is 0 Å². The van der Waals surface area contributed by atoms with Gasteiger partial charge in [0.05, 0.1) is 5.69 Å². The topological polar surface area (TPSA) is 25.8 Å². The summed E-state index contributed by atoms with van der Waals surface area (Å²) in [6, 6.07) is 0. The van der Waals surface area contributed by atoms with E-state index in [9.17, 15) is 0 Å². The first-order valence-corrected chi connectivity index (χ1v) is 4.06. The summed E-state index contributed by atoms with van der Waals surface area (Å²) in [5, 5.41) is 0. The molecular weight excluding hydrogens is 136 g/mol. The third-order valence-corrected chi connectivity index (χ3v) is 1.17. The standard InChI is InChI=1S/C7H10N2.C2H6/c1-6(2)7-5-8-3-4-9-7;1-2/h3-6H,1-2H3;1-2H3. The van der Waals surface area contributed by atoms with E-state index in [1.807, 2.05) is 13.8 Å². The molecular formula is C9H16N2. The zero-order chi connectivity index (χ0) is 8.69. The van der Waals surface area contributed by atoms with Gasteiger partial charge in [0.1, 0.15) is 0 Å². The van der Waals surface area contributed by atoms with Gasteiger partial charge < -0.3 is 0 Å². The fourth-order valence-electron chi connectivity index (χ4n) is 0.609. The van der Waals surface area contributed by atoms with E-state index in [0.717, 1.165) is 5.69 Å². The second-order valence-electron chi connectivity index (χ2n) is 2.28. The van der Waals surface area contributed by atoms with E-state index in [-0.39, 0.29) is 0 Å². The lowest BCUT2D eigenvalue weighted by Gasteiger charge is -1.99. The Bertz CT molecular complexity index is 170. The smallest absolute Gasteiger partial charge is 0.0612 e. The van der Waals surface area contributed by atoms with Gasteiger partial charge in [-0.1, -0.05) is 27.7 Å². The molecule has 0 fully saturated rings. The molecule has 0 radical (unpaired) electrons. The van der Waals surface area contributed by atoms with E-state index in [1.165, 1.54) is 0 Å². The van der Waals surface area contributed by atoms with Crippen molar-refractivity contribution in [1.82, 2.24) is 9.97 Å². The minimum Gasteiger partial charge on any atom is -0.261 e. The Labute approximate surface area is 68.7 Å². The molecule has 0 aliphatic carbocycles. The highest BCUT2D eigenvalue weighted by atomic mass is 14.8. The van der Waals surface area contributed by atoms with Crippen LogP contribution >= 0.6 is 0 Å². The van der Waals surface area contributed by atoms with E-state index >= 15 is 0 Å². The molecule has 0 N–H and O–H groups in total. The molecule has 0 aliphatic heterocycles. The first-order chi connectivity index (χ1) is 5.30. The van der Waals surface area contributed by atoms with Crippen LogP contribution in [0.25, 0.3) is 0 Å². The summed E-state index contributed by atoms with van der Waals surface area (Å²) in [7, 11) is 0. The molecule has 0 atom stereocenters. The normalized spacial score (nSPS) is 8.82. The van der Waals surface area contributed by atoms with Crippen molar-refractivity contribution in [2.45, 2.75) is 33.6 Å². The van der Waals surface area contributed by atoms with Crippen LogP contribution in [0, 0.1) is 0 Å². The van der Waals surface area contributed by atoms with Crippen LogP contribution in [0.1, 0.15) is 39.3 Å². The van der Waals surface area contributed by atoms with Gasteiger partial charge in [-0.05, 0) is 5.92 Å². The minimum atomic E-state index is 0.485. The van der Waals surface area contributed by atoms with Crippen molar-refractivity contribution >= 4 is 0 Å². The van der Waals surface area contributed by atoms with Crippen LogP contribution in [-0.4, -0.2) is 9.97 Å². The summed E-state index contributed by atoms with van der Waals surface area (Å²) in [5.74, 6) is 0.485. The number of aromatic nitrogens is 2. The highest BCUT2D eigenvalue weighted by molar-refractivity contribution is 4.99. The van der Waals surface area contributed by atoms with Gasteiger partial charge in [0, 0.05) is 18.6 Å². The Morgan fingerprint density at radius 2 is 1.82 bits per heavy atom. The Hall–Kier alpha value is -0.920. The average molecular weight is 152 g/mol. The predicted octanol–water partition coefficient (Wildman–Crippen LogP) is 2.63. The molecule has 11 heavy (non-hydrogen) atoms. The van der Waals surface area contributed by atoms with E-state index in [0.29, 0.717) is 5.92 Å². The second kappa shape index (κ2) is 5.83. The zero-order valence-electron chi connectivity index (χ0n) is 7.70. The maximum atomic E-state index is 4.12. The van der Waals surface area contributed by atoms with Gasteiger partial charge in [-0.2, -0.15) is 0 Å². The Balaban J connectivity index is 0.000000461. The average Bonchev–Trinajstić information content (AvgIpc) is 2.10. The van der Waals surface area contributed by atoms with Crippen molar-refractivity contribution in [1.29, 1.82) is 0 Å². The number of hydrogen-bond acceptors (Lipinski definition) is 2. The van der Waals surface area contributed by atoms with Gasteiger partial charge in [-0.15, -0.1) is 0 Å². The first kappa shape index (κ1) is 10.1. The van der Waals surface area contributed by atoms with Crippen molar-refractivity contribution < 1.29 is 0 Å². The van der Waals surface area contributed by atoms with Crippen molar-refractivity contribution in [3.05, 3.63) is 24.3 Å². The summed E-state index contributed by atoms with van der Waals surface area (Å²) in [5.41, 5.74) is 1.05. The monoisotopic (exact) mass is 152 g/mol. The Morgan fingerprint density at radius 1 is 1.18 bits per heavy atom. The molecule has 62 valence electrons. The van der Waals surface area contributed by atoms with Crippen LogP contribution in [0.3, 0.4) is 0 Å². The molecule has 1 aromatic rings. The second-order valence-corrected chi connectivity index (χ2v) is 2.28. The lowest BCUT2D eigenvalue weighted by molar-refractivity contribution is 0.812. The van der Waals surface area contributed by atoms with Crippen LogP contribution in [0.4, 0.5) is 0 Å². The summed E-state index contributed by atoms with van der Waals surface area (Å²) >= 11 is 0. The van der Waals surface area contributed by atoms with E-state index in [1.54, 1.807) is 18.6 Å². The van der Waals surface area contributed by atoms with E-state index < -0.39 is 0 Å². The third kappa shape index (κ3) is 3.71. The maximum absolute atomic E-state index is 4.12. The van der Waals surface area contributed by atoms with Gasteiger partial charge in [-0.25, -0.2) is 0 Å². The largest absolute Gasteiger partial charge is 0.261 e. The van der Waals surface area contributed by atoms with Crippen LogP contribution in [-0.2, 0) is 0 Å². The molecule has 1 rings (SSSR count). The van der Waals surface area contributed by atoms with Crippen LogP contribution < -0.4 is 0 Å². The van der Waals surface area contributed by atoms with E-state index in [4.69, 9.17) is 0 Å². The van der Waals surface area contributed by atoms with Crippen LogP contribution in [0.15, 0.2) is 18.6 Å². The van der Waals surface area contributed by atoms with Crippen LogP contribution in [0.2, 0.25) is 0 Å². The highest BCUT2D eigenvalue weighted by Crippen LogP contribution is 2.06. The molecule has 0 saturated heterocycles. The van der Waals surface area contributed by atoms with Gasteiger partial charge in [0.2, 0.25) is 0 Å². The van der Waals surface area contributed by atoms with Gasteiger partial charge in [-0.3, -0.25) is 9.97 Å². The fourth-order valence-corrected chi connectivity index (χ4v) is 0.609. The summed E-state index contributed by atoms with van der Waals surface area (Å²) in [6.45, 7) is 8.20. The lowest BCUT2D eigenvalue weighted by atomic mass is 10.1. The Kier molecular flexibility index (Phi) is 5.35. The molecule has 0 unspecified atom stereocenters. The van der Waals surface area contributed by atoms with E-state index in [2.05, 4.69) is 23.8 Å². The summed E-state index contributed by atoms with van der Waals surface area (Å²) < 4.78 is 0. The lowest BCUT2D eigenvalue weighted by Crippen LogP contribution is -1.91. The fraction of sp³-hybridized carbons (Fsp3) is 0.556. The maximum Gasteiger partial charge on any atom is 0.0612 e. The van der Waals surface area contributed by atoms with Gasteiger partial charge in [0.25, 0.3) is 0 Å². The number of rotatable bonds is 1. The molecule has 0 spiro atoms. The van der Waals surface area contributed by atoms with Gasteiger partial charge >= 0.3 is 0 Å². The summed E-state index contributed by atoms with van der Waals surface area (Å²) in [6.07, 6.45) is 5.20. The predicted molar refractivity (Wildman–Crippen MR) is 47.5 cm³/mol. The Morgan fingerprint density at radius 3 is 2.09 bits per heavy atom. The highest BCUT2D eigenvalue weighted by Gasteiger charge is 1.96. The molecule has 0 bridgehead atoms. The molecule has 1 heterocycles. The zero-order valence-corrected chi connectivity index (χ0v) is 7.70. The molecule has 0 aromatic carbocycles. The SMILES string of the molecule is CC.CC(C)c1cnccn1. The van der Waals surface area contributed by atoms with Gasteiger partial charge in [0.15, 0.2) is 0 Å². The molecule has 1 aromatic heterocycles. The molecule has 2 nitrogen and oxygen atoms in total. The number of hydrogen-bond donors (Lipinski definition) is 0. The molecule has 0 amide bonds. The summed E-state index contributed by atoms with van der Waals surface area (Å²) in [4.78, 5) is 8.06. The molecule has 2 heteroatoms. The third-order valence-electron chi connectivity index (χ3n) is 1.17. The van der Waals surface area contributed by atoms with Crippen molar-refractivity contribution in [2.24, 2.45) is 0 Å².